The highest BCUT2D eigenvalue weighted by atomic mass is 16.6. The molecule has 1 saturated heterocycles. The molecule has 35 heavy (non-hydrogen) atoms. The number of carbonyl (C=O) groups is 2. The van der Waals surface area contributed by atoms with E-state index in [4.69, 9.17) is 9.47 Å². The molecule has 1 aliphatic heterocycles. The highest BCUT2D eigenvalue weighted by molar-refractivity contribution is 5.69. The van der Waals surface area contributed by atoms with Gasteiger partial charge < -0.3 is 14.4 Å². The van der Waals surface area contributed by atoms with Crippen LogP contribution in [0.25, 0.3) is 5.69 Å². The highest BCUT2D eigenvalue weighted by Gasteiger charge is 2.27. The molecule has 1 amide bonds. The Morgan fingerprint density at radius 2 is 1.66 bits per heavy atom. The van der Waals surface area contributed by atoms with Gasteiger partial charge in [0.2, 0.25) is 0 Å². The van der Waals surface area contributed by atoms with Crippen molar-refractivity contribution in [3.05, 3.63) is 51.7 Å². The first-order chi connectivity index (χ1) is 16.5. The van der Waals surface area contributed by atoms with E-state index in [9.17, 15) is 14.4 Å². The van der Waals surface area contributed by atoms with Gasteiger partial charge in [0.05, 0.1) is 12.8 Å². The van der Waals surface area contributed by atoms with Gasteiger partial charge in [0.1, 0.15) is 5.60 Å². The van der Waals surface area contributed by atoms with Crippen LogP contribution in [0.3, 0.4) is 0 Å². The maximum Gasteiger partial charge on any atom is 0.410 e. The van der Waals surface area contributed by atoms with Gasteiger partial charge in [-0.15, -0.1) is 0 Å². The summed E-state index contributed by atoms with van der Waals surface area (Å²) >= 11 is 0. The summed E-state index contributed by atoms with van der Waals surface area (Å²) in [4.78, 5) is 38.8. The van der Waals surface area contributed by atoms with Gasteiger partial charge in [-0.3, -0.25) is 13.9 Å². The summed E-state index contributed by atoms with van der Waals surface area (Å²) in [6.45, 7) is 11.6. The predicted molar refractivity (Wildman–Crippen MR) is 135 cm³/mol. The van der Waals surface area contributed by atoms with Gasteiger partial charge in [0.15, 0.2) is 0 Å². The van der Waals surface area contributed by atoms with Crippen molar-refractivity contribution in [2.45, 2.75) is 78.9 Å². The van der Waals surface area contributed by atoms with E-state index in [1.807, 2.05) is 63.5 Å². The van der Waals surface area contributed by atoms with Crippen molar-refractivity contribution in [2.75, 3.05) is 20.2 Å². The molecule has 8 nitrogen and oxygen atoms in total. The van der Waals surface area contributed by atoms with Gasteiger partial charge in [-0.2, -0.15) is 0 Å². The number of imidazole rings is 1. The van der Waals surface area contributed by atoms with Gasteiger partial charge in [-0.25, -0.2) is 9.59 Å². The lowest BCUT2D eigenvalue weighted by atomic mass is 9.93. The lowest BCUT2D eigenvalue weighted by Gasteiger charge is -2.33. The number of rotatable bonds is 7. The molecule has 8 heteroatoms. The van der Waals surface area contributed by atoms with E-state index in [-0.39, 0.29) is 17.8 Å². The minimum Gasteiger partial charge on any atom is -0.469 e. The van der Waals surface area contributed by atoms with Crippen LogP contribution in [0.1, 0.15) is 63.4 Å². The number of carbonyl (C=O) groups excluding carboxylic acids is 2. The zero-order valence-electron chi connectivity index (χ0n) is 21.9. The van der Waals surface area contributed by atoms with Gasteiger partial charge in [0, 0.05) is 37.4 Å². The van der Waals surface area contributed by atoms with Crippen LogP contribution in [-0.4, -0.2) is 51.9 Å². The fraction of sp³-hybridized carbons (Fsp3) is 0.593. The Balaban J connectivity index is 1.61. The second-order valence-electron chi connectivity index (χ2n) is 10.4. The Bertz CT molecular complexity index is 1080. The van der Waals surface area contributed by atoms with E-state index < -0.39 is 5.60 Å². The third-order valence-corrected chi connectivity index (χ3v) is 6.75. The summed E-state index contributed by atoms with van der Waals surface area (Å²) in [6.07, 6.45) is 3.43. The summed E-state index contributed by atoms with van der Waals surface area (Å²) in [6, 6.07) is 7.76. The van der Waals surface area contributed by atoms with Crippen molar-refractivity contribution in [2.24, 2.45) is 5.92 Å². The van der Waals surface area contributed by atoms with E-state index in [1.54, 1.807) is 9.47 Å². The molecule has 0 saturated carbocycles. The summed E-state index contributed by atoms with van der Waals surface area (Å²) in [5, 5.41) is 0. The van der Waals surface area contributed by atoms with E-state index in [1.165, 1.54) is 7.11 Å². The summed E-state index contributed by atoms with van der Waals surface area (Å²) in [5.74, 6) is 0.238. The average Bonchev–Trinajstić information content (AvgIpc) is 3.03. The van der Waals surface area contributed by atoms with Crippen LogP contribution in [0.5, 0.6) is 0 Å². The number of nitrogens with zero attached hydrogens (tertiary/aromatic N) is 3. The lowest BCUT2D eigenvalue weighted by Crippen LogP contribution is -2.42. The van der Waals surface area contributed by atoms with E-state index in [0.717, 1.165) is 41.9 Å². The number of esters is 1. The van der Waals surface area contributed by atoms with Gasteiger partial charge >= 0.3 is 17.8 Å². The number of benzene rings is 1. The molecule has 1 aliphatic rings. The van der Waals surface area contributed by atoms with Crippen LogP contribution in [0.2, 0.25) is 0 Å². The van der Waals surface area contributed by atoms with Gasteiger partial charge in [0.25, 0.3) is 0 Å². The van der Waals surface area contributed by atoms with Crippen LogP contribution < -0.4 is 5.69 Å². The predicted octanol–water partition coefficient (Wildman–Crippen LogP) is 4.40. The third-order valence-electron chi connectivity index (χ3n) is 6.75. The van der Waals surface area contributed by atoms with Crippen molar-refractivity contribution in [3.63, 3.8) is 0 Å². The number of methoxy groups -OCH3 is 1. The standard InChI is InChI=1S/C27H39N3O5/c1-19-20(2)30(23-10-7-21(8-11-23)9-12-24(31)34-6)25(32)29(19)18-15-22-13-16-28(17-14-22)26(33)35-27(3,4)5/h7-8,10-11,22H,9,12-18H2,1-6H3. The number of aromatic nitrogens is 2. The molecule has 0 unspecified atom stereocenters. The monoisotopic (exact) mass is 485 g/mol. The van der Waals surface area contributed by atoms with Crippen molar-refractivity contribution in [3.8, 4) is 5.69 Å². The van der Waals surface area contributed by atoms with Crippen LogP contribution in [0, 0.1) is 19.8 Å². The quantitative estimate of drug-likeness (QED) is 0.543. The maximum atomic E-state index is 13.3. The summed E-state index contributed by atoms with van der Waals surface area (Å²) in [5.41, 5.74) is 3.23. The average molecular weight is 486 g/mol. The molecule has 3 rings (SSSR count). The fourth-order valence-corrected chi connectivity index (χ4v) is 4.53. The van der Waals surface area contributed by atoms with Crippen molar-refractivity contribution in [1.29, 1.82) is 0 Å². The first kappa shape index (κ1) is 26.6. The fourth-order valence-electron chi connectivity index (χ4n) is 4.53. The second kappa shape index (κ2) is 11.1. The molecule has 2 aromatic rings. The zero-order valence-corrected chi connectivity index (χ0v) is 21.9. The van der Waals surface area contributed by atoms with E-state index in [0.29, 0.717) is 38.4 Å². The van der Waals surface area contributed by atoms with Crippen molar-refractivity contribution >= 4 is 12.1 Å². The number of piperidine rings is 1. The smallest absolute Gasteiger partial charge is 0.410 e. The van der Waals surface area contributed by atoms with Gasteiger partial charge in [-0.1, -0.05) is 12.1 Å². The number of aryl methyl sites for hydroxylation is 1. The van der Waals surface area contributed by atoms with Crippen molar-refractivity contribution in [1.82, 2.24) is 14.0 Å². The molecule has 0 bridgehead atoms. The van der Waals surface area contributed by atoms with Crippen LogP contribution in [-0.2, 0) is 27.2 Å². The first-order valence-electron chi connectivity index (χ1n) is 12.4. The molecule has 0 radical (unpaired) electrons. The molecular weight excluding hydrogens is 446 g/mol. The molecule has 0 spiro atoms. The number of hydrogen-bond donors (Lipinski definition) is 0. The number of ether oxygens (including phenoxy) is 2. The second-order valence-corrected chi connectivity index (χ2v) is 10.4. The Labute approximate surface area is 207 Å². The molecule has 0 aliphatic carbocycles. The highest BCUT2D eigenvalue weighted by Crippen LogP contribution is 2.23. The minimum absolute atomic E-state index is 0.0338. The normalized spacial score (nSPS) is 14.7. The number of hydrogen-bond acceptors (Lipinski definition) is 5. The topological polar surface area (TPSA) is 82.8 Å². The molecular formula is C27H39N3O5. The molecule has 0 N–H and O–H groups in total. The maximum absolute atomic E-state index is 13.3. The molecule has 2 heterocycles. The minimum atomic E-state index is -0.485. The van der Waals surface area contributed by atoms with Crippen LogP contribution in [0.4, 0.5) is 4.79 Å². The molecule has 0 atom stereocenters. The zero-order chi connectivity index (χ0) is 25.8. The van der Waals surface area contributed by atoms with Crippen molar-refractivity contribution < 1.29 is 19.1 Å². The molecule has 1 aromatic heterocycles. The Morgan fingerprint density at radius 3 is 2.23 bits per heavy atom. The van der Waals surface area contributed by atoms with Gasteiger partial charge in [-0.05, 0) is 83.9 Å². The summed E-state index contributed by atoms with van der Waals surface area (Å²) in [7, 11) is 1.39. The Morgan fingerprint density at radius 1 is 1.03 bits per heavy atom. The Kier molecular flexibility index (Phi) is 8.46. The molecule has 1 fully saturated rings. The third kappa shape index (κ3) is 6.77. The van der Waals surface area contributed by atoms with E-state index >= 15 is 0 Å². The lowest BCUT2D eigenvalue weighted by molar-refractivity contribution is -0.140. The van der Waals surface area contributed by atoms with E-state index in [2.05, 4.69) is 0 Å². The van der Waals surface area contributed by atoms with Crippen LogP contribution >= 0.6 is 0 Å². The SMILES string of the molecule is COC(=O)CCc1ccc(-n2c(C)c(C)n(CCC3CCN(C(=O)OC(C)(C)C)CC3)c2=O)cc1. The molecule has 192 valence electrons. The first-order valence-corrected chi connectivity index (χ1v) is 12.4. The summed E-state index contributed by atoms with van der Waals surface area (Å²) < 4.78 is 13.8. The van der Waals surface area contributed by atoms with Crippen LogP contribution in [0.15, 0.2) is 29.1 Å². The largest absolute Gasteiger partial charge is 0.469 e. The number of amides is 1. The number of likely N-dealkylation sites (tertiary alicyclic amines) is 1. The molecule has 1 aromatic carbocycles. The Hall–Kier alpha value is -3.03.